The highest BCUT2D eigenvalue weighted by Gasteiger charge is 2.48. The minimum Gasteiger partial charge on any atom is -0.437 e. The van der Waals surface area contributed by atoms with Crippen molar-refractivity contribution in [3.05, 3.63) is 0 Å². The topological polar surface area (TPSA) is 46.2 Å². The maximum Gasteiger partial charge on any atom is 0.317 e. The summed E-state index contributed by atoms with van der Waals surface area (Å²) in [6.07, 6.45) is 20.3. The molecule has 0 spiro atoms. The highest BCUT2D eigenvalue weighted by molar-refractivity contribution is 6.90. The third-order valence-corrected chi connectivity index (χ3v) is 25.3. The normalized spacial score (nSPS) is 16.1. The fourth-order valence-electron chi connectivity index (χ4n) is 5.91. The molecule has 2 unspecified atom stereocenters. The summed E-state index contributed by atoms with van der Waals surface area (Å²) < 4.78 is 33.5. The number of hydrogen-bond donors (Lipinski definition) is 0. The summed E-state index contributed by atoms with van der Waals surface area (Å²) in [5.74, 6) is 0. The summed E-state index contributed by atoms with van der Waals surface area (Å²) >= 11 is 0. The van der Waals surface area contributed by atoms with E-state index in [0.717, 1.165) is 31.7 Å². The van der Waals surface area contributed by atoms with Gasteiger partial charge in [0, 0.05) is 13.2 Å². The third kappa shape index (κ3) is 25.9. The van der Waals surface area contributed by atoms with Crippen LogP contribution in [0.4, 0.5) is 0 Å². The minimum absolute atomic E-state index is 0.753. The molecular weight excluding hydrogens is 593 g/mol. The van der Waals surface area contributed by atoms with Crippen LogP contribution in [0.2, 0.25) is 77.6 Å². The van der Waals surface area contributed by atoms with Gasteiger partial charge >= 0.3 is 25.7 Å². The second-order valence-corrected chi connectivity index (χ2v) is 35.0. The van der Waals surface area contributed by atoms with Crippen LogP contribution in [0.1, 0.15) is 110 Å². The number of rotatable bonds is 28. The van der Waals surface area contributed by atoms with Crippen molar-refractivity contribution in [2.75, 3.05) is 13.2 Å². The first kappa shape index (κ1) is 41.9. The second-order valence-electron chi connectivity index (χ2n) is 14.9. The highest BCUT2D eigenvalue weighted by atomic mass is 28.5. The Hall–Kier alpha value is 0.884. The van der Waals surface area contributed by atoms with E-state index < -0.39 is 42.3 Å². The van der Waals surface area contributed by atoms with Gasteiger partial charge in [-0.05, 0) is 90.9 Å². The molecule has 0 N–H and O–H groups in total. The Morgan fingerprint density at radius 1 is 0.390 bits per heavy atom. The largest absolute Gasteiger partial charge is 0.437 e. The van der Waals surface area contributed by atoms with Crippen molar-refractivity contribution < 1.29 is 21.2 Å². The molecule has 41 heavy (non-hydrogen) atoms. The van der Waals surface area contributed by atoms with Crippen molar-refractivity contribution >= 4 is 42.3 Å². The molecule has 0 aromatic carbocycles. The third-order valence-electron chi connectivity index (χ3n) is 7.08. The Morgan fingerprint density at radius 2 is 0.780 bits per heavy atom. The van der Waals surface area contributed by atoms with Crippen molar-refractivity contribution in [1.29, 1.82) is 0 Å². The molecule has 0 aliphatic carbocycles. The summed E-state index contributed by atoms with van der Waals surface area (Å²) in [4.78, 5) is 0. The molecule has 0 aliphatic rings. The first-order chi connectivity index (χ1) is 18.9. The molecule has 0 saturated carbocycles. The van der Waals surface area contributed by atoms with Crippen LogP contribution >= 0.6 is 0 Å². The zero-order valence-electron chi connectivity index (χ0n) is 30.0. The molecule has 0 fully saturated rings. The Balaban J connectivity index is 4.93. The zero-order valence-corrected chi connectivity index (χ0v) is 35.0. The van der Waals surface area contributed by atoms with Crippen molar-refractivity contribution in [2.45, 2.75) is 188 Å². The van der Waals surface area contributed by atoms with E-state index in [1.165, 1.54) is 89.9 Å². The average Bonchev–Trinajstić information content (AvgIpc) is 2.78. The van der Waals surface area contributed by atoms with Gasteiger partial charge in [-0.2, -0.15) is 0 Å². The first-order valence-electron chi connectivity index (χ1n) is 17.3. The SMILES string of the molecule is CCCCCCCCCCCCCCCC[Si](C)(O[Si](C)(C)C)O[Si](C)(CCCOCC)O[Si](C)(C)O[Si](C)(C)C. The van der Waals surface area contributed by atoms with Crippen LogP contribution in [0.5, 0.6) is 0 Å². The van der Waals surface area contributed by atoms with Crippen LogP contribution in [-0.4, -0.2) is 55.5 Å². The van der Waals surface area contributed by atoms with Gasteiger partial charge in [-0.15, -0.1) is 0 Å². The summed E-state index contributed by atoms with van der Waals surface area (Å²) in [5, 5.41) is 0. The van der Waals surface area contributed by atoms with Gasteiger partial charge < -0.3 is 21.2 Å². The Bertz CT molecular complexity index is 641. The molecule has 0 rings (SSSR count). The predicted octanol–water partition coefficient (Wildman–Crippen LogP) is 11.5. The lowest BCUT2D eigenvalue weighted by Gasteiger charge is -2.44. The van der Waals surface area contributed by atoms with Crippen LogP contribution in [0.3, 0.4) is 0 Å². The molecule has 248 valence electrons. The van der Waals surface area contributed by atoms with E-state index >= 15 is 0 Å². The van der Waals surface area contributed by atoms with Gasteiger partial charge in [0.2, 0.25) is 0 Å². The molecule has 2 atom stereocenters. The van der Waals surface area contributed by atoms with Crippen LogP contribution in [-0.2, 0) is 21.2 Å². The minimum atomic E-state index is -2.54. The lowest BCUT2D eigenvalue weighted by atomic mass is 10.0. The van der Waals surface area contributed by atoms with E-state index in [9.17, 15) is 0 Å². The van der Waals surface area contributed by atoms with Crippen LogP contribution in [0, 0.1) is 0 Å². The maximum absolute atomic E-state index is 7.23. The summed E-state index contributed by atoms with van der Waals surface area (Å²) in [6.45, 7) is 28.5. The van der Waals surface area contributed by atoms with E-state index in [0.29, 0.717) is 0 Å². The van der Waals surface area contributed by atoms with Crippen molar-refractivity contribution in [3.63, 3.8) is 0 Å². The Labute approximate surface area is 263 Å². The molecule has 0 amide bonds. The standard InChI is InChI=1S/C31H74O5Si5/c1-13-15-16-17-18-19-20-21-22-23-24-25-26-27-30-40(11,34-38(6,7)8)36-41(12,31-28-29-32-14-2)35-39(9,10)33-37(3,4)5/h13-31H2,1-12H3. The monoisotopic (exact) mass is 666 g/mol. The van der Waals surface area contributed by atoms with Gasteiger partial charge in [-0.25, -0.2) is 0 Å². The number of unbranched alkanes of at least 4 members (excludes halogenated alkanes) is 13. The van der Waals surface area contributed by atoms with Gasteiger partial charge in [0.05, 0.1) is 0 Å². The van der Waals surface area contributed by atoms with Gasteiger partial charge in [-0.3, -0.25) is 0 Å². The molecule has 0 radical (unpaired) electrons. The van der Waals surface area contributed by atoms with E-state index in [-0.39, 0.29) is 0 Å². The van der Waals surface area contributed by atoms with E-state index in [4.69, 9.17) is 21.2 Å². The lowest BCUT2D eigenvalue weighted by Crippen LogP contribution is -2.60. The quantitative estimate of drug-likeness (QED) is 0.0614. The second kappa shape index (κ2) is 21.6. The molecule has 0 bridgehead atoms. The number of hydrogen-bond acceptors (Lipinski definition) is 5. The van der Waals surface area contributed by atoms with Crippen LogP contribution < -0.4 is 0 Å². The van der Waals surface area contributed by atoms with Gasteiger partial charge in [-0.1, -0.05) is 96.8 Å². The molecule has 0 aliphatic heterocycles. The van der Waals surface area contributed by atoms with E-state index in [1.54, 1.807) is 0 Å². The van der Waals surface area contributed by atoms with Crippen molar-refractivity contribution in [1.82, 2.24) is 0 Å². The van der Waals surface area contributed by atoms with Crippen molar-refractivity contribution in [2.24, 2.45) is 0 Å². The Morgan fingerprint density at radius 3 is 1.20 bits per heavy atom. The molecule has 0 heterocycles. The molecule has 10 heteroatoms. The van der Waals surface area contributed by atoms with Gasteiger partial charge in [0.15, 0.2) is 16.6 Å². The molecule has 0 aromatic rings. The van der Waals surface area contributed by atoms with Crippen LogP contribution in [0.15, 0.2) is 0 Å². The smallest absolute Gasteiger partial charge is 0.317 e. The fourth-order valence-corrected chi connectivity index (χ4v) is 29.7. The van der Waals surface area contributed by atoms with Crippen LogP contribution in [0.25, 0.3) is 0 Å². The summed E-state index contributed by atoms with van der Waals surface area (Å²) in [5.41, 5.74) is 0. The van der Waals surface area contributed by atoms with Gasteiger partial charge in [0.25, 0.3) is 0 Å². The van der Waals surface area contributed by atoms with Crippen molar-refractivity contribution in [3.8, 4) is 0 Å². The lowest BCUT2D eigenvalue weighted by molar-refractivity contribution is 0.146. The molecule has 5 nitrogen and oxygen atoms in total. The molecule has 0 aromatic heterocycles. The summed E-state index contributed by atoms with van der Waals surface area (Å²) in [7, 11) is -10.8. The average molecular weight is 667 g/mol. The fraction of sp³-hybridized carbons (Fsp3) is 1.00. The first-order valence-corrected chi connectivity index (χ1v) is 32.0. The predicted molar refractivity (Wildman–Crippen MR) is 193 cm³/mol. The molecular formula is C31H74O5Si5. The summed E-state index contributed by atoms with van der Waals surface area (Å²) in [6, 6.07) is 1.98. The van der Waals surface area contributed by atoms with Gasteiger partial charge in [0.1, 0.15) is 0 Å². The van der Waals surface area contributed by atoms with E-state index in [2.05, 4.69) is 79.3 Å². The van der Waals surface area contributed by atoms with E-state index in [1.807, 2.05) is 0 Å². The molecule has 0 saturated heterocycles. The Kier molecular flexibility index (Phi) is 22.1. The maximum atomic E-state index is 7.23. The number of ether oxygens (including phenoxy) is 1. The zero-order chi connectivity index (χ0) is 31.5. The highest BCUT2D eigenvalue weighted by Crippen LogP contribution is 2.32.